The van der Waals surface area contributed by atoms with Gasteiger partial charge in [0, 0.05) is 54.8 Å². The van der Waals surface area contributed by atoms with E-state index in [1.165, 1.54) is 6.26 Å². The Hall–Kier alpha value is -2.69. The molecule has 3 atom stereocenters. The maximum atomic E-state index is 13.7. The molecule has 35 heavy (non-hydrogen) atoms. The first-order valence-electron chi connectivity index (χ1n) is 11.9. The summed E-state index contributed by atoms with van der Waals surface area (Å²) in [4.78, 5) is 22.7. The standard InChI is InChI=1S/C24H30ClN7O2S/c1-15-13-32-22(27-23(15)30-10-8-17(26)14-30)12-20(28-32)21-5-3-4-9-31(21)24(33)18-11-16(25)6-7-19(18)29-35(2)34/h6-7,11-13,17,21,29H,3-5,8-10,14,26H2,1-2H3. The number of nitrogens with zero attached hydrogens (tertiary/aromatic N) is 5. The van der Waals surface area contributed by atoms with Gasteiger partial charge in [0.05, 0.1) is 23.0 Å². The SMILES string of the molecule is Cc1cn2nc(C3CCCCN3C(=O)c3cc(Cl)ccc3NS(C)=O)cc2nc1N1CCC(N)C1. The number of hydrogen-bond acceptors (Lipinski definition) is 6. The van der Waals surface area contributed by atoms with Gasteiger partial charge in [0.2, 0.25) is 0 Å². The number of carbonyl (C=O) groups excluding carboxylic acids is 1. The summed E-state index contributed by atoms with van der Waals surface area (Å²) < 4.78 is 16.5. The second-order valence-corrected chi connectivity index (χ2v) is 10.9. The van der Waals surface area contributed by atoms with Crippen LogP contribution < -0.4 is 15.4 Å². The molecule has 5 rings (SSSR count). The summed E-state index contributed by atoms with van der Waals surface area (Å²) in [5, 5.41) is 5.28. The van der Waals surface area contributed by atoms with Gasteiger partial charge in [0.1, 0.15) is 16.8 Å². The normalized spacial score (nSPS) is 21.5. The van der Waals surface area contributed by atoms with Crippen molar-refractivity contribution < 1.29 is 9.00 Å². The number of nitrogens with two attached hydrogens (primary N) is 1. The fraction of sp³-hybridized carbons (Fsp3) is 0.458. The average molecular weight is 516 g/mol. The molecule has 0 saturated carbocycles. The third kappa shape index (κ3) is 4.87. The van der Waals surface area contributed by atoms with Gasteiger partial charge in [0.15, 0.2) is 5.65 Å². The number of hydrogen-bond donors (Lipinski definition) is 2. The van der Waals surface area contributed by atoms with E-state index in [1.807, 2.05) is 24.1 Å². The van der Waals surface area contributed by atoms with Gasteiger partial charge in [-0.1, -0.05) is 11.6 Å². The maximum Gasteiger partial charge on any atom is 0.256 e. The summed E-state index contributed by atoms with van der Waals surface area (Å²) in [7, 11) is -1.32. The molecule has 3 N–H and O–H groups in total. The minimum absolute atomic E-state index is 0.155. The molecule has 0 aliphatic carbocycles. The Balaban J connectivity index is 1.48. The Morgan fingerprint density at radius 1 is 1.23 bits per heavy atom. The number of rotatable bonds is 5. The Morgan fingerprint density at radius 2 is 2.06 bits per heavy atom. The second kappa shape index (κ2) is 9.75. The fourth-order valence-electron chi connectivity index (χ4n) is 5.06. The molecule has 0 radical (unpaired) electrons. The Bertz CT molecular complexity index is 1300. The highest BCUT2D eigenvalue weighted by atomic mass is 35.5. The van der Waals surface area contributed by atoms with Crippen molar-refractivity contribution in [3.63, 3.8) is 0 Å². The number of piperidine rings is 1. The lowest BCUT2D eigenvalue weighted by molar-refractivity contribution is 0.0607. The Labute approximate surface area is 212 Å². The zero-order valence-corrected chi connectivity index (χ0v) is 21.5. The number of fused-ring (bicyclic) bond motifs is 1. The Morgan fingerprint density at radius 3 is 2.80 bits per heavy atom. The van der Waals surface area contributed by atoms with E-state index in [4.69, 9.17) is 27.4 Å². The van der Waals surface area contributed by atoms with Crippen molar-refractivity contribution in [2.75, 3.05) is 35.5 Å². The van der Waals surface area contributed by atoms with Crippen LogP contribution in [0, 0.1) is 6.92 Å². The van der Waals surface area contributed by atoms with Crippen LogP contribution in [0.3, 0.4) is 0 Å². The van der Waals surface area contributed by atoms with Gasteiger partial charge >= 0.3 is 0 Å². The fourth-order valence-corrected chi connectivity index (χ4v) is 5.72. The largest absolute Gasteiger partial charge is 0.355 e. The van der Waals surface area contributed by atoms with E-state index < -0.39 is 11.0 Å². The van der Waals surface area contributed by atoms with Crippen LogP contribution >= 0.6 is 11.6 Å². The number of benzene rings is 1. The van der Waals surface area contributed by atoms with E-state index in [0.29, 0.717) is 22.8 Å². The number of halogens is 1. The first kappa shape index (κ1) is 24.0. The van der Waals surface area contributed by atoms with Gasteiger partial charge in [-0.2, -0.15) is 5.10 Å². The highest BCUT2D eigenvalue weighted by molar-refractivity contribution is 7.85. The first-order chi connectivity index (χ1) is 16.8. The first-order valence-corrected chi connectivity index (χ1v) is 13.8. The molecule has 0 spiro atoms. The Kier molecular flexibility index (Phi) is 6.69. The van der Waals surface area contributed by atoms with Crippen LogP contribution in [0.1, 0.15) is 53.3 Å². The molecule has 1 amide bonds. The number of aromatic nitrogens is 3. The minimum atomic E-state index is -1.32. The van der Waals surface area contributed by atoms with Crippen LogP contribution in [0.2, 0.25) is 5.02 Å². The highest BCUT2D eigenvalue weighted by Crippen LogP contribution is 2.34. The second-order valence-electron chi connectivity index (χ2n) is 9.37. The lowest BCUT2D eigenvalue weighted by atomic mass is 9.98. The molecule has 3 unspecified atom stereocenters. The van der Waals surface area contributed by atoms with Gasteiger partial charge in [-0.05, 0) is 50.8 Å². The predicted octanol–water partition coefficient (Wildman–Crippen LogP) is 3.30. The van der Waals surface area contributed by atoms with Crippen LogP contribution in [0.4, 0.5) is 11.5 Å². The van der Waals surface area contributed by atoms with Crippen LogP contribution in [0.15, 0.2) is 30.5 Å². The molecular weight excluding hydrogens is 486 g/mol. The van der Waals surface area contributed by atoms with Crippen LogP contribution in [0.5, 0.6) is 0 Å². The van der Waals surface area contributed by atoms with Crippen LogP contribution in [-0.2, 0) is 11.0 Å². The van der Waals surface area contributed by atoms with Crippen molar-refractivity contribution >= 4 is 45.6 Å². The highest BCUT2D eigenvalue weighted by Gasteiger charge is 2.32. The number of carbonyl (C=O) groups is 1. The molecule has 1 aromatic carbocycles. The number of likely N-dealkylation sites (tertiary alicyclic amines) is 1. The van der Waals surface area contributed by atoms with E-state index in [-0.39, 0.29) is 18.0 Å². The van der Waals surface area contributed by atoms with Crippen molar-refractivity contribution in [1.82, 2.24) is 19.5 Å². The molecule has 186 valence electrons. The van der Waals surface area contributed by atoms with Gasteiger partial charge in [-0.3, -0.25) is 4.79 Å². The quantitative estimate of drug-likeness (QED) is 0.539. The summed E-state index contributed by atoms with van der Waals surface area (Å²) in [6.07, 6.45) is 7.21. The molecule has 2 aromatic heterocycles. The third-order valence-electron chi connectivity index (χ3n) is 6.72. The summed E-state index contributed by atoms with van der Waals surface area (Å²) in [6.45, 7) is 4.35. The average Bonchev–Trinajstić information content (AvgIpc) is 3.44. The van der Waals surface area contributed by atoms with E-state index >= 15 is 0 Å². The molecule has 2 saturated heterocycles. The van der Waals surface area contributed by atoms with Gasteiger partial charge in [-0.25, -0.2) is 13.7 Å². The summed E-state index contributed by atoms with van der Waals surface area (Å²) in [5.41, 5.74) is 9.64. The van der Waals surface area contributed by atoms with E-state index in [0.717, 1.165) is 61.5 Å². The molecular formula is C24H30ClN7O2S. The zero-order chi connectivity index (χ0) is 24.7. The van der Waals surface area contributed by atoms with E-state index in [1.54, 1.807) is 22.7 Å². The number of amides is 1. The topological polar surface area (TPSA) is 109 Å². The molecule has 2 aliphatic rings. The van der Waals surface area contributed by atoms with Crippen molar-refractivity contribution in [2.45, 2.75) is 44.7 Å². The maximum absolute atomic E-state index is 13.7. The van der Waals surface area contributed by atoms with Gasteiger partial charge < -0.3 is 20.3 Å². The molecule has 2 fully saturated rings. The molecule has 11 heteroatoms. The smallest absolute Gasteiger partial charge is 0.256 e. The predicted molar refractivity (Wildman–Crippen MR) is 139 cm³/mol. The van der Waals surface area contributed by atoms with E-state index in [9.17, 15) is 9.00 Å². The molecule has 9 nitrogen and oxygen atoms in total. The molecule has 4 heterocycles. The van der Waals surface area contributed by atoms with E-state index in [2.05, 4.69) is 9.62 Å². The number of anilines is 2. The third-order valence-corrected chi connectivity index (χ3v) is 7.46. The van der Waals surface area contributed by atoms with Crippen molar-refractivity contribution in [3.05, 3.63) is 52.3 Å². The lowest BCUT2D eigenvalue weighted by Gasteiger charge is -2.35. The van der Waals surface area contributed by atoms with Gasteiger partial charge in [-0.15, -0.1) is 0 Å². The molecule has 3 aromatic rings. The minimum Gasteiger partial charge on any atom is -0.355 e. The molecule has 0 bridgehead atoms. The summed E-state index contributed by atoms with van der Waals surface area (Å²) >= 11 is 6.23. The zero-order valence-electron chi connectivity index (χ0n) is 19.9. The van der Waals surface area contributed by atoms with Gasteiger partial charge in [0.25, 0.3) is 5.91 Å². The lowest BCUT2D eigenvalue weighted by Crippen LogP contribution is -2.39. The van der Waals surface area contributed by atoms with Crippen molar-refractivity contribution in [3.8, 4) is 0 Å². The number of nitrogens with one attached hydrogen (secondary N) is 1. The summed E-state index contributed by atoms with van der Waals surface area (Å²) in [6, 6.07) is 6.98. The van der Waals surface area contributed by atoms with Crippen molar-refractivity contribution in [2.24, 2.45) is 5.73 Å². The molecule has 2 aliphatic heterocycles. The number of aryl methyl sites for hydroxylation is 1. The monoisotopic (exact) mass is 515 g/mol. The van der Waals surface area contributed by atoms with Crippen LogP contribution in [-0.4, -0.2) is 61.5 Å². The van der Waals surface area contributed by atoms with Crippen LogP contribution in [0.25, 0.3) is 5.65 Å². The summed E-state index contributed by atoms with van der Waals surface area (Å²) in [5.74, 6) is 0.786. The van der Waals surface area contributed by atoms with Crippen molar-refractivity contribution in [1.29, 1.82) is 0 Å².